The van der Waals surface area contributed by atoms with Crippen LogP contribution in [0.4, 0.5) is 0 Å². The van der Waals surface area contributed by atoms with Crippen molar-refractivity contribution < 1.29 is 19.0 Å². The highest BCUT2D eigenvalue weighted by molar-refractivity contribution is 5.89. The third kappa shape index (κ3) is 3.47. The molecule has 1 saturated heterocycles. The fourth-order valence-electron chi connectivity index (χ4n) is 1.92. The number of hydrogen-bond donors (Lipinski definition) is 0. The molecule has 0 spiro atoms. The van der Waals surface area contributed by atoms with Gasteiger partial charge in [-0.25, -0.2) is 4.79 Å². The number of carbonyl (C=O) groups excluding carboxylic acids is 1. The number of benzene rings is 1. The Morgan fingerprint density at radius 1 is 1.33 bits per heavy atom. The second-order valence-corrected chi connectivity index (χ2v) is 4.32. The molecule has 1 aliphatic heterocycles. The topological polar surface area (TPSA) is 44.8 Å². The van der Waals surface area contributed by atoms with Gasteiger partial charge in [-0.3, -0.25) is 0 Å². The van der Waals surface area contributed by atoms with E-state index in [1.54, 1.807) is 31.4 Å². The molecule has 1 aromatic rings. The summed E-state index contributed by atoms with van der Waals surface area (Å²) in [5.41, 5.74) is 0.534. The molecule has 2 rings (SSSR count). The molecular formula is C14H18O4. The van der Waals surface area contributed by atoms with Crippen LogP contribution in [0.15, 0.2) is 24.3 Å². The van der Waals surface area contributed by atoms with Crippen molar-refractivity contribution in [2.24, 2.45) is 0 Å². The summed E-state index contributed by atoms with van der Waals surface area (Å²) in [5.74, 6) is 0.411. The summed E-state index contributed by atoms with van der Waals surface area (Å²) in [7, 11) is 1.59. The third-order valence-corrected chi connectivity index (χ3v) is 3.00. The largest absolute Gasteiger partial charge is 0.497 e. The van der Waals surface area contributed by atoms with Crippen LogP contribution in [0.25, 0.3) is 0 Å². The van der Waals surface area contributed by atoms with Gasteiger partial charge in [0.05, 0.1) is 18.8 Å². The first kappa shape index (κ1) is 12.9. The molecule has 98 valence electrons. The summed E-state index contributed by atoms with van der Waals surface area (Å²) in [6.45, 7) is 1.11. The molecule has 18 heavy (non-hydrogen) atoms. The monoisotopic (exact) mass is 250 g/mol. The molecule has 1 aliphatic rings. The Morgan fingerprint density at radius 2 is 2.11 bits per heavy atom. The fourth-order valence-corrected chi connectivity index (χ4v) is 1.92. The minimum Gasteiger partial charge on any atom is -0.497 e. The van der Waals surface area contributed by atoms with Crippen LogP contribution in [0, 0.1) is 0 Å². The van der Waals surface area contributed by atoms with Gasteiger partial charge in [0, 0.05) is 6.61 Å². The zero-order chi connectivity index (χ0) is 12.8. The van der Waals surface area contributed by atoms with E-state index in [2.05, 4.69) is 0 Å². The lowest BCUT2D eigenvalue weighted by Crippen LogP contribution is -2.25. The highest BCUT2D eigenvalue weighted by Crippen LogP contribution is 2.15. The molecule has 0 N–H and O–H groups in total. The average Bonchev–Trinajstić information content (AvgIpc) is 2.46. The minimum absolute atomic E-state index is 0.0564. The standard InChI is InChI=1S/C14H18O4/c1-16-12-7-5-11(6-8-12)14(15)18-10-13-4-2-3-9-17-13/h5-8,13H,2-4,9-10H2,1H3/t13-/m1/s1. The number of rotatable bonds is 4. The summed E-state index contributed by atoms with van der Waals surface area (Å²) in [4.78, 5) is 11.8. The maximum atomic E-state index is 11.8. The van der Waals surface area contributed by atoms with Crippen molar-refractivity contribution in [2.75, 3.05) is 20.3 Å². The van der Waals surface area contributed by atoms with Crippen LogP contribution < -0.4 is 4.74 Å². The molecule has 1 atom stereocenters. The molecule has 0 unspecified atom stereocenters. The van der Waals surface area contributed by atoms with Crippen molar-refractivity contribution in [3.8, 4) is 5.75 Å². The molecule has 0 bridgehead atoms. The van der Waals surface area contributed by atoms with Crippen LogP contribution in [-0.4, -0.2) is 32.4 Å². The summed E-state index contributed by atoms with van der Waals surface area (Å²) in [6, 6.07) is 6.88. The van der Waals surface area contributed by atoms with E-state index in [-0.39, 0.29) is 12.1 Å². The maximum Gasteiger partial charge on any atom is 0.338 e. The number of ether oxygens (including phenoxy) is 3. The van der Waals surface area contributed by atoms with Gasteiger partial charge in [0.15, 0.2) is 0 Å². The third-order valence-electron chi connectivity index (χ3n) is 3.00. The summed E-state index contributed by atoms with van der Waals surface area (Å²) in [5, 5.41) is 0. The first-order valence-electron chi connectivity index (χ1n) is 6.22. The molecule has 0 radical (unpaired) electrons. The maximum absolute atomic E-state index is 11.8. The molecular weight excluding hydrogens is 232 g/mol. The Balaban J connectivity index is 1.82. The molecule has 1 aromatic carbocycles. The van der Waals surface area contributed by atoms with Crippen LogP contribution in [0.3, 0.4) is 0 Å². The molecule has 4 heteroatoms. The highest BCUT2D eigenvalue weighted by atomic mass is 16.6. The first-order chi connectivity index (χ1) is 8.79. The lowest BCUT2D eigenvalue weighted by atomic mass is 10.1. The second-order valence-electron chi connectivity index (χ2n) is 4.32. The summed E-state index contributed by atoms with van der Waals surface area (Å²) in [6.07, 6.45) is 3.27. The van der Waals surface area contributed by atoms with E-state index in [1.807, 2.05) is 0 Å². The Morgan fingerprint density at radius 3 is 2.72 bits per heavy atom. The van der Waals surface area contributed by atoms with Crippen molar-refractivity contribution in [1.82, 2.24) is 0 Å². The molecule has 0 aromatic heterocycles. The SMILES string of the molecule is COc1ccc(C(=O)OC[C@H]2CCCCO2)cc1. The van der Waals surface area contributed by atoms with Crippen LogP contribution in [0.5, 0.6) is 5.75 Å². The minimum atomic E-state index is -0.313. The Kier molecular flexibility index (Phi) is 4.59. The van der Waals surface area contributed by atoms with Gasteiger partial charge in [-0.2, -0.15) is 0 Å². The van der Waals surface area contributed by atoms with Crippen molar-refractivity contribution in [3.05, 3.63) is 29.8 Å². The van der Waals surface area contributed by atoms with Gasteiger partial charge in [-0.15, -0.1) is 0 Å². The zero-order valence-electron chi connectivity index (χ0n) is 10.6. The normalized spacial score (nSPS) is 19.3. The fraction of sp³-hybridized carbons (Fsp3) is 0.500. The van der Waals surface area contributed by atoms with Gasteiger partial charge in [0.2, 0.25) is 0 Å². The van der Waals surface area contributed by atoms with E-state index in [0.717, 1.165) is 31.6 Å². The van der Waals surface area contributed by atoms with Crippen LogP contribution in [-0.2, 0) is 9.47 Å². The van der Waals surface area contributed by atoms with Crippen molar-refractivity contribution in [2.45, 2.75) is 25.4 Å². The molecule has 4 nitrogen and oxygen atoms in total. The predicted octanol–water partition coefficient (Wildman–Crippen LogP) is 2.42. The van der Waals surface area contributed by atoms with Gasteiger partial charge >= 0.3 is 5.97 Å². The number of hydrogen-bond acceptors (Lipinski definition) is 4. The van der Waals surface area contributed by atoms with E-state index in [0.29, 0.717) is 12.2 Å². The lowest BCUT2D eigenvalue weighted by Gasteiger charge is -2.22. The molecule has 0 saturated carbocycles. The van der Waals surface area contributed by atoms with Crippen molar-refractivity contribution >= 4 is 5.97 Å². The highest BCUT2D eigenvalue weighted by Gasteiger charge is 2.16. The molecule has 1 heterocycles. The van der Waals surface area contributed by atoms with Gasteiger partial charge in [0.1, 0.15) is 12.4 Å². The van der Waals surface area contributed by atoms with E-state index in [9.17, 15) is 4.79 Å². The Hall–Kier alpha value is -1.55. The van der Waals surface area contributed by atoms with E-state index in [1.165, 1.54) is 0 Å². The van der Waals surface area contributed by atoms with Crippen LogP contribution >= 0.6 is 0 Å². The van der Waals surface area contributed by atoms with E-state index < -0.39 is 0 Å². The molecule has 0 aliphatic carbocycles. The van der Waals surface area contributed by atoms with Crippen molar-refractivity contribution in [3.63, 3.8) is 0 Å². The number of carbonyl (C=O) groups is 1. The second kappa shape index (κ2) is 6.40. The van der Waals surface area contributed by atoms with E-state index >= 15 is 0 Å². The van der Waals surface area contributed by atoms with Crippen LogP contribution in [0.2, 0.25) is 0 Å². The predicted molar refractivity (Wildman–Crippen MR) is 66.9 cm³/mol. The molecule has 0 amide bonds. The smallest absolute Gasteiger partial charge is 0.338 e. The van der Waals surface area contributed by atoms with Gasteiger partial charge in [0.25, 0.3) is 0 Å². The number of methoxy groups -OCH3 is 1. The lowest BCUT2D eigenvalue weighted by molar-refractivity contribution is -0.0300. The van der Waals surface area contributed by atoms with Gasteiger partial charge in [-0.1, -0.05) is 0 Å². The number of esters is 1. The van der Waals surface area contributed by atoms with E-state index in [4.69, 9.17) is 14.2 Å². The zero-order valence-corrected chi connectivity index (χ0v) is 10.6. The Bertz CT molecular complexity index is 379. The molecule has 1 fully saturated rings. The first-order valence-corrected chi connectivity index (χ1v) is 6.22. The quantitative estimate of drug-likeness (QED) is 0.770. The van der Waals surface area contributed by atoms with Crippen molar-refractivity contribution in [1.29, 1.82) is 0 Å². The summed E-state index contributed by atoms with van der Waals surface area (Å²) < 4.78 is 15.8. The Labute approximate surface area is 107 Å². The van der Waals surface area contributed by atoms with Gasteiger partial charge < -0.3 is 14.2 Å². The van der Waals surface area contributed by atoms with Gasteiger partial charge in [-0.05, 0) is 43.5 Å². The average molecular weight is 250 g/mol. The van der Waals surface area contributed by atoms with Crippen LogP contribution in [0.1, 0.15) is 29.6 Å². The summed E-state index contributed by atoms with van der Waals surface area (Å²) >= 11 is 0.